The van der Waals surface area contributed by atoms with Gasteiger partial charge in [-0.15, -0.1) is 0 Å². The molecule has 2 heteroatoms. The molecule has 0 bridgehead atoms. The lowest BCUT2D eigenvalue weighted by molar-refractivity contribution is -0.154. The van der Waals surface area contributed by atoms with Crippen molar-refractivity contribution >= 4 is 5.97 Å². The molecule has 0 radical (unpaired) electrons. The second-order valence-electron chi connectivity index (χ2n) is 1.79. The second kappa shape index (κ2) is 1.62. The van der Waals surface area contributed by atoms with Crippen molar-refractivity contribution in [3.63, 3.8) is 0 Å². The maximum absolute atomic E-state index is 10.4. The fourth-order valence-corrected chi connectivity index (χ4v) is 0.753. The van der Waals surface area contributed by atoms with E-state index in [-0.39, 0.29) is 12.1 Å². The van der Waals surface area contributed by atoms with Crippen LogP contribution in [0.4, 0.5) is 0 Å². The van der Waals surface area contributed by atoms with Crippen molar-refractivity contribution in [2.75, 3.05) is 0 Å². The zero-order chi connectivity index (χ0) is 6.15. The number of hydrogen-bond donors (Lipinski definition) is 0. The maximum atomic E-state index is 10.4. The first-order valence-corrected chi connectivity index (χ1v) is 2.63. The van der Waals surface area contributed by atoms with Crippen molar-refractivity contribution in [1.82, 2.24) is 0 Å². The van der Waals surface area contributed by atoms with Crippen LogP contribution in [0.3, 0.4) is 0 Å². The largest absolute Gasteiger partial charge is 0.454 e. The Morgan fingerprint density at radius 3 is 2.50 bits per heavy atom. The first-order valence-electron chi connectivity index (χ1n) is 2.63. The van der Waals surface area contributed by atoms with E-state index in [1.165, 1.54) is 0 Å². The van der Waals surface area contributed by atoms with Gasteiger partial charge in [-0.1, -0.05) is 6.08 Å². The molecule has 0 aromatic carbocycles. The molecule has 1 aliphatic rings. The van der Waals surface area contributed by atoms with Crippen LogP contribution in [-0.4, -0.2) is 12.1 Å². The lowest BCUT2D eigenvalue weighted by atomic mass is 10.1. The number of allylic oxidation sites excluding steroid dienone is 1. The van der Waals surface area contributed by atoms with Crippen LogP contribution in [0.5, 0.6) is 0 Å². The molecular weight excluding hydrogens is 104 g/mol. The van der Waals surface area contributed by atoms with Gasteiger partial charge >= 0.3 is 5.97 Å². The summed E-state index contributed by atoms with van der Waals surface area (Å²) in [5.41, 5.74) is 0.796. The minimum atomic E-state index is -0.167. The number of esters is 1. The highest BCUT2D eigenvalue weighted by Gasteiger charge is 2.30. The van der Waals surface area contributed by atoms with Crippen molar-refractivity contribution in [1.29, 1.82) is 0 Å². The van der Waals surface area contributed by atoms with Gasteiger partial charge in [-0.05, 0) is 13.8 Å². The second-order valence-corrected chi connectivity index (χ2v) is 1.79. The van der Waals surface area contributed by atoms with Crippen LogP contribution < -0.4 is 0 Å². The van der Waals surface area contributed by atoms with Gasteiger partial charge < -0.3 is 4.74 Å². The zero-order valence-electron chi connectivity index (χ0n) is 4.97. The van der Waals surface area contributed by atoms with Crippen molar-refractivity contribution in [3.8, 4) is 0 Å². The fraction of sp³-hybridized carbons (Fsp3) is 0.500. The van der Waals surface area contributed by atoms with Crippen molar-refractivity contribution < 1.29 is 9.53 Å². The molecule has 0 spiro atoms. The molecule has 0 N–H and O–H groups in total. The number of carbonyl (C=O) groups excluding carboxylic acids is 1. The number of hydrogen-bond acceptors (Lipinski definition) is 2. The Labute approximate surface area is 48.1 Å². The average molecular weight is 112 g/mol. The molecule has 2 nitrogen and oxygen atoms in total. The SMILES string of the molecule is CC=C1C(=O)OC1C. The predicted molar refractivity (Wildman–Crippen MR) is 29.3 cm³/mol. The third kappa shape index (κ3) is 0.529. The zero-order valence-corrected chi connectivity index (χ0v) is 4.97. The first-order chi connectivity index (χ1) is 3.75. The number of ether oxygens (including phenoxy) is 1. The molecular formula is C6H8O2. The number of cyclic esters (lactones) is 1. The van der Waals surface area contributed by atoms with E-state index in [0.717, 1.165) is 5.57 Å². The molecule has 1 heterocycles. The molecule has 1 aliphatic heterocycles. The lowest BCUT2D eigenvalue weighted by Crippen LogP contribution is -2.33. The smallest absolute Gasteiger partial charge is 0.338 e. The number of rotatable bonds is 0. The van der Waals surface area contributed by atoms with Crippen LogP contribution in [0.2, 0.25) is 0 Å². The van der Waals surface area contributed by atoms with Gasteiger partial charge in [0.15, 0.2) is 0 Å². The molecule has 0 saturated carbocycles. The maximum Gasteiger partial charge on any atom is 0.338 e. The summed E-state index contributed by atoms with van der Waals surface area (Å²) in [7, 11) is 0. The predicted octanol–water partition coefficient (Wildman–Crippen LogP) is 0.878. The molecule has 1 fully saturated rings. The van der Waals surface area contributed by atoms with E-state index < -0.39 is 0 Å². The van der Waals surface area contributed by atoms with Crippen LogP contribution >= 0.6 is 0 Å². The minimum Gasteiger partial charge on any atom is -0.454 e. The van der Waals surface area contributed by atoms with Gasteiger partial charge in [0.2, 0.25) is 0 Å². The average Bonchev–Trinajstić information content (AvgIpc) is 1.67. The highest BCUT2D eigenvalue weighted by atomic mass is 16.6. The van der Waals surface area contributed by atoms with E-state index in [4.69, 9.17) is 0 Å². The normalized spacial score (nSPS) is 32.0. The van der Waals surface area contributed by atoms with E-state index in [9.17, 15) is 4.79 Å². The Bertz CT molecular complexity index is 147. The van der Waals surface area contributed by atoms with Crippen molar-refractivity contribution in [2.24, 2.45) is 0 Å². The molecule has 1 atom stereocenters. The summed E-state index contributed by atoms with van der Waals surface area (Å²) in [5.74, 6) is -0.167. The highest BCUT2D eigenvalue weighted by Crippen LogP contribution is 2.19. The van der Waals surface area contributed by atoms with E-state index >= 15 is 0 Å². The van der Waals surface area contributed by atoms with Gasteiger partial charge in [-0.25, -0.2) is 4.79 Å². The Kier molecular flexibility index (Phi) is 1.08. The summed E-state index contributed by atoms with van der Waals surface area (Å²) >= 11 is 0. The van der Waals surface area contributed by atoms with Crippen LogP contribution in [0.15, 0.2) is 11.6 Å². The quantitative estimate of drug-likeness (QED) is 0.343. The summed E-state index contributed by atoms with van der Waals surface area (Å²) in [6, 6.07) is 0. The lowest BCUT2D eigenvalue weighted by Gasteiger charge is -2.24. The summed E-state index contributed by atoms with van der Waals surface area (Å²) in [6.07, 6.45) is 1.82. The molecule has 0 aromatic heterocycles. The highest BCUT2D eigenvalue weighted by molar-refractivity contribution is 5.95. The first kappa shape index (κ1) is 5.35. The molecule has 44 valence electrons. The molecule has 0 aromatic rings. The third-order valence-electron chi connectivity index (χ3n) is 1.27. The molecule has 0 amide bonds. The van der Waals surface area contributed by atoms with Gasteiger partial charge in [0, 0.05) is 0 Å². The standard InChI is InChI=1S/C6H8O2/c1-3-5-4(2)8-6(5)7/h3-4H,1-2H3. The molecule has 1 rings (SSSR count). The molecule has 1 saturated heterocycles. The summed E-state index contributed by atoms with van der Waals surface area (Å²) in [4.78, 5) is 10.4. The van der Waals surface area contributed by atoms with Gasteiger partial charge in [-0.3, -0.25) is 0 Å². The number of carbonyl (C=O) groups is 1. The minimum absolute atomic E-state index is 0.0347. The molecule has 0 aliphatic carbocycles. The Morgan fingerprint density at radius 2 is 2.38 bits per heavy atom. The Hall–Kier alpha value is -0.790. The van der Waals surface area contributed by atoms with E-state index in [2.05, 4.69) is 4.74 Å². The monoisotopic (exact) mass is 112 g/mol. The van der Waals surface area contributed by atoms with Gasteiger partial charge in [0.05, 0.1) is 5.57 Å². The van der Waals surface area contributed by atoms with Gasteiger partial charge in [-0.2, -0.15) is 0 Å². The van der Waals surface area contributed by atoms with E-state index in [0.29, 0.717) is 0 Å². The third-order valence-corrected chi connectivity index (χ3v) is 1.27. The van der Waals surface area contributed by atoms with E-state index in [1.54, 1.807) is 6.08 Å². The molecule has 8 heavy (non-hydrogen) atoms. The van der Waals surface area contributed by atoms with Crippen LogP contribution in [0.1, 0.15) is 13.8 Å². The Balaban J connectivity index is 2.66. The topological polar surface area (TPSA) is 26.3 Å². The Morgan fingerprint density at radius 1 is 1.75 bits per heavy atom. The summed E-state index contributed by atoms with van der Waals surface area (Å²) in [5, 5.41) is 0. The van der Waals surface area contributed by atoms with Crippen LogP contribution in [-0.2, 0) is 9.53 Å². The van der Waals surface area contributed by atoms with Crippen LogP contribution in [0, 0.1) is 0 Å². The fourth-order valence-electron chi connectivity index (χ4n) is 0.753. The van der Waals surface area contributed by atoms with Crippen molar-refractivity contribution in [3.05, 3.63) is 11.6 Å². The summed E-state index contributed by atoms with van der Waals surface area (Å²) < 4.78 is 4.64. The van der Waals surface area contributed by atoms with Gasteiger partial charge in [0.1, 0.15) is 6.10 Å². The van der Waals surface area contributed by atoms with Crippen LogP contribution in [0.25, 0.3) is 0 Å². The van der Waals surface area contributed by atoms with Gasteiger partial charge in [0.25, 0.3) is 0 Å². The summed E-state index contributed by atoms with van der Waals surface area (Å²) in [6.45, 7) is 3.70. The van der Waals surface area contributed by atoms with E-state index in [1.807, 2.05) is 13.8 Å². The molecule has 1 unspecified atom stereocenters. The van der Waals surface area contributed by atoms with Crippen molar-refractivity contribution in [2.45, 2.75) is 20.0 Å².